The van der Waals surface area contributed by atoms with E-state index in [9.17, 15) is 19.2 Å². The van der Waals surface area contributed by atoms with E-state index in [4.69, 9.17) is 4.74 Å². The van der Waals surface area contributed by atoms with Crippen molar-refractivity contribution in [3.63, 3.8) is 0 Å². The average molecular weight is 432 g/mol. The van der Waals surface area contributed by atoms with Crippen molar-refractivity contribution in [3.05, 3.63) is 35.4 Å². The number of urea groups is 1. The molecular formula is C23H33N3O5. The van der Waals surface area contributed by atoms with Crippen LogP contribution in [0.5, 0.6) is 0 Å². The zero-order chi connectivity index (χ0) is 23.2. The van der Waals surface area contributed by atoms with E-state index >= 15 is 0 Å². The highest BCUT2D eigenvalue weighted by Gasteiger charge is 2.49. The Kier molecular flexibility index (Phi) is 8.19. The third-order valence-electron chi connectivity index (χ3n) is 5.61. The highest BCUT2D eigenvalue weighted by Crippen LogP contribution is 2.24. The molecule has 1 aliphatic rings. The molecule has 4 amide bonds. The molecule has 0 spiro atoms. The van der Waals surface area contributed by atoms with Gasteiger partial charge in [0.15, 0.2) is 6.61 Å². The smallest absolute Gasteiger partial charge is 0.326 e. The second-order valence-corrected chi connectivity index (χ2v) is 8.40. The molecule has 0 bridgehead atoms. The quantitative estimate of drug-likeness (QED) is 0.438. The minimum Gasteiger partial charge on any atom is -0.454 e. The van der Waals surface area contributed by atoms with E-state index in [1.54, 1.807) is 13.8 Å². The lowest BCUT2D eigenvalue weighted by Gasteiger charge is -2.22. The maximum absolute atomic E-state index is 12.5. The van der Waals surface area contributed by atoms with Gasteiger partial charge in [-0.3, -0.25) is 19.3 Å². The first-order chi connectivity index (χ1) is 14.6. The van der Waals surface area contributed by atoms with Gasteiger partial charge in [-0.25, -0.2) is 4.79 Å². The molecule has 8 heteroatoms. The van der Waals surface area contributed by atoms with Gasteiger partial charge >= 0.3 is 12.0 Å². The van der Waals surface area contributed by atoms with Crippen LogP contribution in [-0.2, 0) is 25.5 Å². The summed E-state index contributed by atoms with van der Waals surface area (Å²) in [5, 5.41) is 5.42. The molecule has 1 aromatic carbocycles. The zero-order valence-corrected chi connectivity index (χ0v) is 19.0. The van der Waals surface area contributed by atoms with Gasteiger partial charge in [0, 0.05) is 0 Å². The first-order valence-corrected chi connectivity index (χ1v) is 10.8. The van der Waals surface area contributed by atoms with Crippen LogP contribution in [-0.4, -0.2) is 47.4 Å². The van der Waals surface area contributed by atoms with Crippen molar-refractivity contribution in [1.82, 2.24) is 15.5 Å². The lowest BCUT2D eigenvalue weighted by atomic mass is 9.93. The Labute approximate surface area is 183 Å². The van der Waals surface area contributed by atoms with Gasteiger partial charge in [-0.15, -0.1) is 0 Å². The van der Waals surface area contributed by atoms with Crippen LogP contribution in [0.3, 0.4) is 0 Å². The maximum Gasteiger partial charge on any atom is 0.326 e. The number of ether oxygens (including phenoxy) is 1. The Morgan fingerprint density at radius 3 is 2.23 bits per heavy atom. The van der Waals surface area contributed by atoms with Crippen LogP contribution < -0.4 is 10.6 Å². The lowest BCUT2D eigenvalue weighted by molar-refractivity contribution is -0.151. The van der Waals surface area contributed by atoms with Crippen LogP contribution in [0.2, 0.25) is 0 Å². The Morgan fingerprint density at radius 2 is 1.71 bits per heavy atom. The largest absolute Gasteiger partial charge is 0.454 e. The third kappa shape index (κ3) is 6.06. The van der Waals surface area contributed by atoms with Crippen LogP contribution >= 0.6 is 0 Å². The van der Waals surface area contributed by atoms with Gasteiger partial charge in [-0.05, 0) is 43.2 Å². The van der Waals surface area contributed by atoms with Gasteiger partial charge in [0.1, 0.15) is 12.1 Å². The molecule has 1 saturated heterocycles. The van der Waals surface area contributed by atoms with Gasteiger partial charge in [0.25, 0.3) is 11.8 Å². The molecule has 2 N–H and O–H groups in total. The second-order valence-electron chi connectivity index (χ2n) is 8.40. The Morgan fingerprint density at radius 1 is 1.10 bits per heavy atom. The van der Waals surface area contributed by atoms with Crippen molar-refractivity contribution >= 4 is 23.8 Å². The summed E-state index contributed by atoms with van der Waals surface area (Å²) >= 11 is 0. The molecule has 0 unspecified atom stereocenters. The number of rotatable bonds is 10. The van der Waals surface area contributed by atoms with Crippen molar-refractivity contribution in [2.24, 2.45) is 5.92 Å². The molecule has 1 atom stereocenters. The molecule has 1 heterocycles. The fourth-order valence-electron chi connectivity index (χ4n) is 3.65. The standard InChI is InChI=1S/C23H33N3O5/c1-6-23(7-2)21(29)26(22(30)25-23)13-20(28)31-14-19(27)24-16(5)18-10-8-17(9-11-18)12-15(3)4/h8-11,15-16H,6-7,12-14H2,1-5H3,(H,24,27)(H,25,30)/t16-/m0/s1. The normalized spacial score (nSPS) is 16.3. The molecule has 8 nitrogen and oxygen atoms in total. The number of nitrogens with one attached hydrogen (secondary N) is 2. The van der Waals surface area contributed by atoms with Crippen LogP contribution in [0.15, 0.2) is 24.3 Å². The molecule has 0 aromatic heterocycles. The van der Waals surface area contributed by atoms with Gasteiger partial charge in [0.05, 0.1) is 6.04 Å². The topological polar surface area (TPSA) is 105 Å². The van der Waals surface area contributed by atoms with Crippen molar-refractivity contribution in [3.8, 4) is 0 Å². The van der Waals surface area contributed by atoms with Crippen molar-refractivity contribution in [2.75, 3.05) is 13.2 Å². The van der Waals surface area contributed by atoms with Gasteiger partial charge in [-0.2, -0.15) is 0 Å². The molecule has 0 aliphatic carbocycles. The number of carbonyl (C=O) groups is 4. The van der Waals surface area contributed by atoms with E-state index in [0.29, 0.717) is 18.8 Å². The van der Waals surface area contributed by atoms with Crippen molar-refractivity contribution < 1.29 is 23.9 Å². The molecule has 170 valence electrons. The van der Waals surface area contributed by atoms with Crippen LogP contribution in [0.4, 0.5) is 4.79 Å². The van der Waals surface area contributed by atoms with Crippen molar-refractivity contribution in [1.29, 1.82) is 0 Å². The molecule has 1 aromatic rings. The highest BCUT2D eigenvalue weighted by molar-refractivity contribution is 6.08. The molecule has 1 aliphatic heterocycles. The van der Waals surface area contributed by atoms with Gasteiger partial charge in [-0.1, -0.05) is 52.0 Å². The van der Waals surface area contributed by atoms with E-state index in [0.717, 1.165) is 16.9 Å². The summed E-state index contributed by atoms with van der Waals surface area (Å²) in [6.07, 6.45) is 1.85. The molecule has 0 saturated carbocycles. The SMILES string of the molecule is CCC1(CC)NC(=O)N(CC(=O)OCC(=O)N[C@@H](C)c2ccc(CC(C)C)cc2)C1=O. The fourth-order valence-corrected chi connectivity index (χ4v) is 3.65. The summed E-state index contributed by atoms with van der Waals surface area (Å²) in [5.74, 6) is -1.15. The van der Waals surface area contributed by atoms with E-state index in [1.807, 2.05) is 31.2 Å². The Hall–Kier alpha value is -2.90. The number of benzene rings is 1. The summed E-state index contributed by atoms with van der Waals surface area (Å²) < 4.78 is 4.97. The molecule has 0 radical (unpaired) electrons. The van der Waals surface area contributed by atoms with Crippen molar-refractivity contribution in [2.45, 2.75) is 65.5 Å². The summed E-state index contributed by atoms with van der Waals surface area (Å²) in [5.41, 5.74) is 1.21. The van der Waals surface area contributed by atoms with Crippen LogP contribution in [0, 0.1) is 5.92 Å². The monoisotopic (exact) mass is 431 g/mol. The highest BCUT2D eigenvalue weighted by atomic mass is 16.5. The molecule has 31 heavy (non-hydrogen) atoms. The first-order valence-electron chi connectivity index (χ1n) is 10.8. The van der Waals surface area contributed by atoms with E-state index in [-0.39, 0.29) is 6.04 Å². The number of hydrogen-bond acceptors (Lipinski definition) is 5. The van der Waals surface area contributed by atoms with E-state index in [2.05, 4.69) is 24.5 Å². The van der Waals surface area contributed by atoms with Gasteiger partial charge < -0.3 is 15.4 Å². The number of nitrogens with zero attached hydrogens (tertiary/aromatic N) is 1. The third-order valence-corrected chi connectivity index (χ3v) is 5.61. The Balaban J connectivity index is 1.82. The first kappa shape index (κ1) is 24.4. The lowest BCUT2D eigenvalue weighted by Crippen LogP contribution is -2.46. The zero-order valence-electron chi connectivity index (χ0n) is 19.0. The van der Waals surface area contributed by atoms with E-state index < -0.39 is 42.5 Å². The average Bonchev–Trinajstić information content (AvgIpc) is 2.97. The minimum absolute atomic E-state index is 0.250. The van der Waals surface area contributed by atoms with E-state index in [1.165, 1.54) is 5.56 Å². The molecular weight excluding hydrogens is 398 g/mol. The predicted octanol–water partition coefficient (Wildman–Crippen LogP) is 2.72. The molecule has 2 rings (SSSR count). The Bertz CT molecular complexity index is 815. The minimum atomic E-state index is -0.977. The maximum atomic E-state index is 12.5. The fraction of sp³-hybridized carbons (Fsp3) is 0.565. The number of amides is 4. The summed E-state index contributed by atoms with van der Waals surface area (Å²) in [6, 6.07) is 7.16. The number of hydrogen-bond donors (Lipinski definition) is 2. The second kappa shape index (κ2) is 10.4. The molecule has 1 fully saturated rings. The van der Waals surface area contributed by atoms with Crippen LogP contribution in [0.25, 0.3) is 0 Å². The number of carbonyl (C=O) groups excluding carboxylic acids is 4. The summed E-state index contributed by atoms with van der Waals surface area (Å²) in [6.45, 7) is 8.76. The van der Waals surface area contributed by atoms with Crippen LogP contribution in [0.1, 0.15) is 64.6 Å². The summed E-state index contributed by atoms with van der Waals surface area (Å²) in [4.78, 5) is 49.7. The van der Waals surface area contributed by atoms with Gasteiger partial charge in [0.2, 0.25) is 0 Å². The number of imide groups is 1. The summed E-state index contributed by atoms with van der Waals surface area (Å²) in [7, 11) is 0. The number of esters is 1. The predicted molar refractivity (Wildman–Crippen MR) is 116 cm³/mol.